The zero-order chi connectivity index (χ0) is 20.9. The normalized spacial score (nSPS) is 22.6. The van der Waals surface area contributed by atoms with Gasteiger partial charge in [0.1, 0.15) is 12.4 Å². The molecule has 1 aliphatic heterocycles. The molecule has 0 bridgehead atoms. The van der Waals surface area contributed by atoms with Gasteiger partial charge in [0.15, 0.2) is 6.10 Å². The van der Waals surface area contributed by atoms with Gasteiger partial charge in [0.25, 0.3) is 5.91 Å². The Balaban J connectivity index is 1.71. The lowest BCUT2D eigenvalue weighted by Crippen LogP contribution is -2.56. The summed E-state index contributed by atoms with van der Waals surface area (Å²) in [5.74, 6) is 0.338. The average molecular weight is 410 g/mol. The molecule has 30 heavy (non-hydrogen) atoms. The van der Waals surface area contributed by atoms with Gasteiger partial charge in [-0.25, -0.2) is 9.97 Å². The van der Waals surface area contributed by atoms with Crippen LogP contribution in [0.25, 0.3) is 0 Å². The molecule has 2 fully saturated rings. The van der Waals surface area contributed by atoms with E-state index in [9.17, 15) is 9.59 Å². The Morgan fingerprint density at radius 3 is 2.60 bits per heavy atom. The Morgan fingerprint density at radius 1 is 1.13 bits per heavy atom. The lowest BCUT2D eigenvalue weighted by Gasteiger charge is -2.46. The van der Waals surface area contributed by atoms with Crippen molar-refractivity contribution in [3.8, 4) is 5.75 Å². The fraction of sp³-hybridized carbons (Fsp3) is 0.455. The molecule has 1 saturated carbocycles. The van der Waals surface area contributed by atoms with Crippen molar-refractivity contribution in [3.63, 3.8) is 0 Å². The molecule has 1 aliphatic carbocycles. The number of anilines is 1. The van der Waals surface area contributed by atoms with Gasteiger partial charge in [-0.15, -0.1) is 0 Å². The molecule has 2 aromatic rings. The smallest absolute Gasteiger partial charge is 0.258 e. The van der Waals surface area contributed by atoms with E-state index in [-0.39, 0.29) is 30.4 Å². The summed E-state index contributed by atoms with van der Waals surface area (Å²) in [6.07, 6.45) is 7.38. The summed E-state index contributed by atoms with van der Waals surface area (Å²) in [4.78, 5) is 36.2. The third kappa shape index (κ3) is 4.14. The molecule has 2 heterocycles. The maximum Gasteiger partial charge on any atom is 0.258 e. The molecule has 0 radical (unpaired) electrons. The van der Waals surface area contributed by atoms with E-state index in [0.29, 0.717) is 5.75 Å². The first-order valence-corrected chi connectivity index (χ1v) is 10.3. The fourth-order valence-corrected chi connectivity index (χ4v) is 4.41. The van der Waals surface area contributed by atoms with E-state index in [1.165, 1.54) is 6.42 Å². The number of hydrogen-bond acceptors (Lipinski definition) is 6. The van der Waals surface area contributed by atoms with E-state index < -0.39 is 12.1 Å². The highest BCUT2D eigenvalue weighted by Crippen LogP contribution is 2.40. The van der Waals surface area contributed by atoms with Gasteiger partial charge in [0.2, 0.25) is 11.9 Å². The number of carbonyl (C=O) groups excluding carboxylic acids is 2. The van der Waals surface area contributed by atoms with E-state index in [1.807, 2.05) is 29.2 Å². The number of para-hydroxylation sites is 1. The van der Waals surface area contributed by atoms with Crippen LogP contribution in [0.2, 0.25) is 0 Å². The number of benzene rings is 1. The summed E-state index contributed by atoms with van der Waals surface area (Å²) >= 11 is 0. The molecule has 2 aliphatic rings. The zero-order valence-corrected chi connectivity index (χ0v) is 17.0. The lowest BCUT2D eigenvalue weighted by molar-refractivity contribution is -0.167. The first-order valence-electron chi connectivity index (χ1n) is 10.3. The summed E-state index contributed by atoms with van der Waals surface area (Å²) in [5.41, 5.74) is 0.757. The van der Waals surface area contributed by atoms with E-state index >= 15 is 0 Å². The van der Waals surface area contributed by atoms with Crippen LogP contribution in [-0.2, 0) is 14.3 Å². The molecule has 1 aromatic carbocycles. The summed E-state index contributed by atoms with van der Waals surface area (Å²) in [6, 6.07) is 8.64. The van der Waals surface area contributed by atoms with E-state index in [2.05, 4.69) is 15.3 Å². The van der Waals surface area contributed by atoms with Gasteiger partial charge in [0, 0.05) is 24.0 Å². The number of ether oxygens (including phenoxy) is 2. The second-order valence-electron chi connectivity index (χ2n) is 7.57. The van der Waals surface area contributed by atoms with Crippen LogP contribution in [-0.4, -0.2) is 52.5 Å². The van der Waals surface area contributed by atoms with Crippen molar-refractivity contribution in [2.75, 3.05) is 19.0 Å². The number of hydrogen-bond donors (Lipinski definition) is 1. The number of morpholine rings is 1. The summed E-state index contributed by atoms with van der Waals surface area (Å²) in [7, 11) is 1.59. The Kier molecular flexibility index (Phi) is 6.23. The number of rotatable bonds is 5. The molecule has 2 amide bonds. The van der Waals surface area contributed by atoms with Crippen molar-refractivity contribution >= 4 is 17.8 Å². The minimum atomic E-state index is -0.898. The number of nitrogens with one attached hydrogen (secondary N) is 1. The molecule has 8 nitrogen and oxygen atoms in total. The van der Waals surface area contributed by atoms with Gasteiger partial charge < -0.3 is 14.4 Å². The SMILES string of the molecule is COc1ccccc1C1C(C(=O)Nc2ncccn2)OCC(=O)N1C1CCCCC1. The Bertz CT molecular complexity index is 886. The van der Waals surface area contributed by atoms with Crippen molar-refractivity contribution in [3.05, 3.63) is 48.3 Å². The highest BCUT2D eigenvalue weighted by Gasteiger charge is 2.45. The van der Waals surface area contributed by atoms with Crippen molar-refractivity contribution in [2.24, 2.45) is 0 Å². The van der Waals surface area contributed by atoms with Crippen LogP contribution in [0.5, 0.6) is 5.75 Å². The largest absolute Gasteiger partial charge is 0.496 e. The maximum absolute atomic E-state index is 13.2. The minimum Gasteiger partial charge on any atom is -0.496 e. The third-order valence-corrected chi connectivity index (χ3v) is 5.75. The van der Waals surface area contributed by atoms with Gasteiger partial charge in [-0.2, -0.15) is 0 Å². The quantitative estimate of drug-likeness (QED) is 0.815. The molecule has 2 atom stereocenters. The number of methoxy groups -OCH3 is 1. The topological polar surface area (TPSA) is 93.6 Å². The van der Waals surface area contributed by atoms with Gasteiger partial charge in [-0.1, -0.05) is 37.5 Å². The average Bonchev–Trinajstić information content (AvgIpc) is 2.80. The Labute approximate surface area is 175 Å². The van der Waals surface area contributed by atoms with Crippen LogP contribution < -0.4 is 10.1 Å². The van der Waals surface area contributed by atoms with Crippen LogP contribution in [0.1, 0.15) is 43.7 Å². The van der Waals surface area contributed by atoms with Gasteiger partial charge in [0.05, 0.1) is 13.2 Å². The fourth-order valence-electron chi connectivity index (χ4n) is 4.41. The lowest BCUT2D eigenvalue weighted by atomic mass is 9.88. The molecular formula is C22H26N4O4. The molecule has 1 saturated heterocycles. The Hall–Kier alpha value is -3.00. The van der Waals surface area contributed by atoms with Crippen molar-refractivity contribution in [1.82, 2.24) is 14.9 Å². The van der Waals surface area contributed by atoms with Crippen molar-refractivity contribution < 1.29 is 19.1 Å². The number of nitrogens with zero attached hydrogens (tertiary/aromatic N) is 3. The molecule has 158 valence electrons. The second-order valence-corrected chi connectivity index (χ2v) is 7.57. The van der Waals surface area contributed by atoms with Crippen LogP contribution >= 0.6 is 0 Å². The third-order valence-electron chi connectivity index (χ3n) is 5.75. The van der Waals surface area contributed by atoms with Crippen LogP contribution in [0.3, 0.4) is 0 Å². The standard InChI is InChI=1S/C22H26N4O4/c1-29-17-11-6-5-10-16(17)19-20(21(28)25-22-23-12-7-13-24-22)30-14-18(27)26(19)15-8-3-2-4-9-15/h5-7,10-13,15,19-20H,2-4,8-9,14H2,1H3,(H,23,24,25,28). The van der Waals surface area contributed by atoms with Crippen LogP contribution in [0.4, 0.5) is 5.95 Å². The van der Waals surface area contributed by atoms with Gasteiger partial charge in [-0.3, -0.25) is 14.9 Å². The number of carbonyl (C=O) groups is 2. The molecule has 4 rings (SSSR count). The molecule has 8 heteroatoms. The predicted octanol–water partition coefficient (Wildman–Crippen LogP) is 2.73. The monoisotopic (exact) mass is 410 g/mol. The van der Waals surface area contributed by atoms with Crippen molar-refractivity contribution in [1.29, 1.82) is 0 Å². The summed E-state index contributed by atoms with van der Waals surface area (Å²) in [6.45, 7) is -0.129. The molecule has 0 spiro atoms. The highest BCUT2D eigenvalue weighted by molar-refractivity contribution is 5.95. The number of aromatic nitrogens is 2. The zero-order valence-electron chi connectivity index (χ0n) is 17.0. The first kappa shape index (κ1) is 20.3. The minimum absolute atomic E-state index is 0.0772. The Morgan fingerprint density at radius 2 is 1.87 bits per heavy atom. The maximum atomic E-state index is 13.2. The molecular weight excluding hydrogens is 384 g/mol. The summed E-state index contributed by atoms with van der Waals surface area (Å²) in [5, 5.41) is 2.72. The summed E-state index contributed by atoms with van der Waals surface area (Å²) < 4.78 is 11.4. The molecule has 2 unspecified atom stereocenters. The van der Waals surface area contributed by atoms with Crippen molar-refractivity contribution in [2.45, 2.75) is 50.3 Å². The van der Waals surface area contributed by atoms with Gasteiger partial charge >= 0.3 is 0 Å². The highest BCUT2D eigenvalue weighted by atomic mass is 16.5. The van der Waals surface area contributed by atoms with Gasteiger partial charge in [-0.05, 0) is 25.0 Å². The molecule has 1 N–H and O–H groups in total. The van der Waals surface area contributed by atoms with Crippen LogP contribution in [0, 0.1) is 0 Å². The molecule has 1 aromatic heterocycles. The van der Waals surface area contributed by atoms with E-state index in [1.54, 1.807) is 25.6 Å². The van der Waals surface area contributed by atoms with E-state index in [0.717, 1.165) is 31.2 Å². The van der Waals surface area contributed by atoms with Crippen LogP contribution in [0.15, 0.2) is 42.7 Å². The second kappa shape index (κ2) is 9.21. The predicted molar refractivity (Wildman–Crippen MR) is 110 cm³/mol. The van der Waals surface area contributed by atoms with E-state index in [4.69, 9.17) is 9.47 Å². The first-order chi connectivity index (χ1) is 14.7. The number of amides is 2.